The molecule has 3 aromatic rings. The molecule has 1 heterocycles. The van der Waals surface area contributed by atoms with Crippen molar-refractivity contribution < 1.29 is 13.2 Å². The van der Waals surface area contributed by atoms with Crippen LogP contribution in [-0.2, 0) is 26.7 Å². The highest BCUT2D eigenvalue weighted by molar-refractivity contribution is 7.92. The number of pyridine rings is 1. The Kier molecular flexibility index (Phi) is 6.75. The van der Waals surface area contributed by atoms with Crippen molar-refractivity contribution in [2.45, 2.75) is 43.9 Å². The van der Waals surface area contributed by atoms with E-state index in [0.29, 0.717) is 18.5 Å². The third kappa shape index (κ3) is 6.39. The molecule has 0 atom stereocenters. The maximum absolute atomic E-state index is 12.4. The lowest BCUT2D eigenvalue weighted by atomic mass is 9.86. The fraction of sp³-hybridized carbons (Fsp3) is 0.250. The maximum Gasteiger partial charge on any atom is 0.263 e. The fourth-order valence-corrected chi connectivity index (χ4v) is 4.00. The van der Waals surface area contributed by atoms with E-state index in [4.69, 9.17) is 0 Å². The first-order chi connectivity index (χ1) is 14.6. The van der Waals surface area contributed by atoms with E-state index in [-0.39, 0.29) is 22.0 Å². The van der Waals surface area contributed by atoms with Crippen molar-refractivity contribution in [2.75, 3.05) is 10.0 Å². The number of amides is 1. The van der Waals surface area contributed by atoms with Gasteiger partial charge in [0.25, 0.3) is 10.0 Å². The number of rotatable bonds is 7. The number of anilines is 2. The molecule has 0 saturated heterocycles. The monoisotopic (exact) mass is 437 g/mol. The second-order valence-corrected chi connectivity index (χ2v) is 10.0. The molecule has 0 radical (unpaired) electrons. The van der Waals surface area contributed by atoms with Gasteiger partial charge in [0.2, 0.25) is 5.91 Å². The standard InChI is InChI=1S/C24H27N3O3S/c1-24(2,3)19-10-7-18(8-11-19)9-16-23(28)26-20-12-14-21(15-13-20)31(29,30)27-22-6-4-5-17-25-22/h4-8,10-15,17H,9,16H2,1-3H3,(H,25,27)(H,26,28). The van der Waals surface area contributed by atoms with Gasteiger partial charge in [0.1, 0.15) is 5.82 Å². The van der Waals surface area contributed by atoms with Gasteiger partial charge in [-0.3, -0.25) is 9.52 Å². The summed E-state index contributed by atoms with van der Waals surface area (Å²) in [6.45, 7) is 6.50. The molecular formula is C24H27N3O3S. The third-order valence-electron chi connectivity index (χ3n) is 4.81. The van der Waals surface area contributed by atoms with Gasteiger partial charge in [-0.1, -0.05) is 51.1 Å². The Bertz CT molecular complexity index is 1120. The van der Waals surface area contributed by atoms with Gasteiger partial charge in [0.15, 0.2) is 0 Å². The maximum atomic E-state index is 12.4. The zero-order valence-corrected chi connectivity index (χ0v) is 18.7. The van der Waals surface area contributed by atoms with Crippen LogP contribution < -0.4 is 10.0 Å². The van der Waals surface area contributed by atoms with Crippen LogP contribution >= 0.6 is 0 Å². The van der Waals surface area contributed by atoms with Gasteiger partial charge in [-0.05, 0) is 59.4 Å². The van der Waals surface area contributed by atoms with E-state index in [1.807, 2.05) is 0 Å². The van der Waals surface area contributed by atoms with Crippen LogP contribution in [0, 0.1) is 0 Å². The fourth-order valence-electron chi connectivity index (χ4n) is 2.99. The van der Waals surface area contributed by atoms with Gasteiger partial charge in [-0.15, -0.1) is 0 Å². The summed E-state index contributed by atoms with van der Waals surface area (Å²) in [5, 5.41) is 2.81. The molecule has 0 aliphatic rings. The van der Waals surface area contributed by atoms with Gasteiger partial charge >= 0.3 is 0 Å². The topological polar surface area (TPSA) is 88.2 Å². The minimum atomic E-state index is -3.74. The first kappa shape index (κ1) is 22.5. The predicted octanol–water partition coefficient (Wildman–Crippen LogP) is 4.75. The number of hydrogen-bond acceptors (Lipinski definition) is 4. The lowest BCUT2D eigenvalue weighted by Crippen LogP contribution is -2.15. The Morgan fingerprint density at radius 1 is 0.935 bits per heavy atom. The average Bonchev–Trinajstić information content (AvgIpc) is 2.73. The SMILES string of the molecule is CC(C)(C)c1ccc(CCC(=O)Nc2ccc(S(=O)(=O)Nc3ccccn3)cc2)cc1. The van der Waals surface area contributed by atoms with Crippen molar-refractivity contribution in [3.8, 4) is 0 Å². The minimum Gasteiger partial charge on any atom is -0.326 e. The van der Waals surface area contributed by atoms with Gasteiger partial charge in [0, 0.05) is 18.3 Å². The second kappa shape index (κ2) is 9.31. The zero-order valence-electron chi connectivity index (χ0n) is 17.9. The number of nitrogens with one attached hydrogen (secondary N) is 2. The van der Waals surface area contributed by atoms with Crippen molar-refractivity contribution in [1.82, 2.24) is 4.98 Å². The number of sulfonamides is 1. The van der Waals surface area contributed by atoms with Crippen LogP contribution in [0.1, 0.15) is 38.3 Å². The molecule has 2 N–H and O–H groups in total. The van der Waals surface area contributed by atoms with Crippen LogP contribution in [0.4, 0.5) is 11.5 Å². The van der Waals surface area contributed by atoms with E-state index in [9.17, 15) is 13.2 Å². The van der Waals surface area contributed by atoms with E-state index in [0.717, 1.165) is 5.56 Å². The van der Waals surface area contributed by atoms with Crippen LogP contribution in [0.3, 0.4) is 0 Å². The highest BCUT2D eigenvalue weighted by Gasteiger charge is 2.15. The summed E-state index contributed by atoms with van der Waals surface area (Å²) < 4.78 is 27.3. The molecule has 1 amide bonds. The van der Waals surface area contributed by atoms with Crippen molar-refractivity contribution in [3.05, 3.63) is 84.1 Å². The van der Waals surface area contributed by atoms with Crippen LogP contribution in [-0.4, -0.2) is 19.3 Å². The van der Waals surface area contributed by atoms with E-state index in [2.05, 4.69) is 60.1 Å². The Labute approximate surface area is 183 Å². The van der Waals surface area contributed by atoms with Gasteiger partial charge < -0.3 is 5.32 Å². The number of benzene rings is 2. The average molecular weight is 438 g/mol. The Morgan fingerprint density at radius 2 is 1.61 bits per heavy atom. The quantitative estimate of drug-likeness (QED) is 0.558. The molecule has 0 aliphatic carbocycles. The van der Waals surface area contributed by atoms with Crippen LogP contribution in [0.5, 0.6) is 0 Å². The molecule has 7 heteroatoms. The van der Waals surface area contributed by atoms with E-state index < -0.39 is 10.0 Å². The molecular weight excluding hydrogens is 410 g/mol. The molecule has 0 fully saturated rings. The number of aryl methyl sites for hydroxylation is 1. The smallest absolute Gasteiger partial charge is 0.263 e. The van der Waals surface area contributed by atoms with Crippen molar-refractivity contribution >= 4 is 27.4 Å². The molecule has 0 aliphatic heterocycles. The largest absolute Gasteiger partial charge is 0.326 e. The van der Waals surface area contributed by atoms with E-state index in [1.54, 1.807) is 30.3 Å². The molecule has 1 aromatic heterocycles. The van der Waals surface area contributed by atoms with E-state index in [1.165, 1.54) is 23.9 Å². The second-order valence-electron chi connectivity index (χ2n) is 8.34. The zero-order chi connectivity index (χ0) is 22.5. The van der Waals surface area contributed by atoms with Gasteiger partial charge in [-0.25, -0.2) is 13.4 Å². The number of hydrogen-bond donors (Lipinski definition) is 2. The predicted molar refractivity (Wildman–Crippen MR) is 124 cm³/mol. The number of aromatic nitrogens is 1. The van der Waals surface area contributed by atoms with Gasteiger partial charge in [-0.2, -0.15) is 0 Å². The van der Waals surface area contributed by atoms with E-state index >= 15 is 0 Å². The summed E-state index contributed by atoms with van der Waals surface area (Å²) in [4.78, 5) is 16.3. The minimum absolute atomic E-state index is 0.0927. The van der Waals surface area contributed by atoms with Crippen LogP contribution in [0.2, 0.25) is 0 Å². The first-order valence-corrected chi connectivity index (χ1v) is 11.5. The molecule has 162 valence electrons. The summed E-state index contributed by atoms with van der Waals surface area (Å²) >= 11 is 0. The molecule has 0 unspecified atom stereocenters. The Balaban J connectivity index is 1.55. The molecule has 2 aromatic carbocycles. The lowest BCUT2D eigenvalue weighted by Gasteiger charge is -2.19. The molecule has 0 spiro atoms. The molecule has 3 rings (SSSR count). The third-order valence-corrected chi connectivity index (χ3v) is 6.18. The molecule has 31 heavy (non-hydrogen) atoms. The summed E-state index contributed by atoms with van der Waals surface area (Å²) in [6, 6.07) is 19.3. The van der Waals surface area contributed by atoms with Gasteiger partial charge in [0.05, 0.1) is 4.90 Å². The normalized spacial score (nSPS) is 11.7. The lowest BCUT2D eigenvalue weighted by molar-refractivity contribution is -0.116. The van der Waals surface area contributed by atoms with Crippen LogP contribution in [0.25, 0.3) is 0 Å². The molecule has 0 saturated carbocycles. The number of carbonyl (C=O) groups is 1. The summed E-state index contributed by atoms with van der Waals surface area (Å²) in [6.07, 6.45) is 2.49. The molecule has 0 bridgehead atoms. The van der Waals surface area contributed by atoms with Crippen molar-refractivity contribution in [3.63, 3.8) is 0 Å². The first-order valence-electron chi connectivity index (χ1n) is 10.1. The van der Waals surface area contributed by atoms with Crippen LogP contribution in [0.15, 0.2) is 77.8 Å². The number of nitrogens with zero attached hydrogens (tertiary/aromatic N) is 1. The van der Waals surface area contributed by atoms with Crippen molar-refractivity contribution in [1.29, 1.82) is 0 Å². The summed E-state index contributed by atoms with van der Waals surface area (Å²) in [7, 11) is -3.74. The van der Waals surface area contributed by atoms with Crippen molar-refractivity contribution in [2.24, 2.45) is 0 Å². The summed E-state index contributed by atoms with van der Waals surface area (Å²) in [5.74, 6) is 0.123. The Morgan fingerprint density at radius 3 is 2.19 bits per heavy atom. The highest BCUT2D eigenvalue weighted by atomic mass is 32.2. The number of carbonyl (C=O) groups excluding carboxylic acids is 1. The highest BCUT2D eigenvalue weighted by Crippen LogP contribution is 2.22. The molecule has 6 nitrogen and oxygen atoms in total. The Hall–Kier alpha value is -3.19. The summed E-state index contributed by atoms with van der Waals surface area (Å²) in [5.41, 5.74) is 3.01.